The van der Waals surface area contributed by atoms with Crippen LogP contribution in [0.15, 0.2) is 24.3 Å². The molecule has 0 aliphatic carbocycles. The van der Waals surface area contributed by atoms with Gasteiger partial charge in [0.05, 0.1) is 0 Å². The zero-order chi connectivity index (χ0) is 16.1. The van der Waals surface area contributed by atoms with E-state index in [0.29, 0.717) is 12.1 Å². The average Bonchev–Trinajstić information content (AvgIpc) is 2.58. The second-order valence-electron chi connectivity index (χ2n) is 7.04. The zero-order valence-corrected chi connectivity index (χ0v) is 14.3. The molecule has 2 heterocycles. The minimum atomic E-state index is -0.0745. The summed E-state index contributed by atoms with van der Waals surface area (Å²) in [4.78, 5) is 4.93. The summed E-state index contributed by atoms with van der Waals surface area (Å²) in [6.07, 6.45) is 4.98. The molecule has 0 spiro atoms. The standard InChI is InChI=1S/C19H30FN3/c1-2-22-12-9-17(10-13-22)21-18-7-5-11-23(15-18)14-16-6-3-4-8-19(16)20/h3-4,6,8,17-18,21H,2,5,7,9-15H2,1H3/t18-/m1/s1. The summed E-state index contributed by atoms with van der Waals surface area (Å²) < 4.78 is 13.8. The van der Waals surface area contributed by atoms with E-state index in [-0.39, 0.29) is 5.82 Å². The maximum absolute atomic E-state index is 13.8. The van der Waals surface area contributed by atoms with Crippen molar-refractivity contribution in [3.05, 3.63) is 35.6 Å². The third-order valence-electron chi connectivity index (χ3n) is 5.36. The van der Waals surface area contributed by atoms with Crippen LogP contribution in [0.4, 0.5) is 4.39 Å². The van der Waals surface area contributed by atoms with Gasteiger partial charge in [0.1, 0.15) is 5.82 Å². The highest BCUT2D eigenvalue weighted by Gasteiger charge is 2.25. The lowest BCUT2D eigenvalue weighted by Crippen LogP contribution is -2.51. The summed E-state index contributed by atoms with van der Waals surface area (Å²) in [5.74, 6) is -0.0745. The van der Waals surface area contributed by atoms with Gasteiger partial charge >= 0.3 is 0 Å². The number of rotatable bonds is 5. The van der Waals surface area contributed by atoms with Crippen LogP contribution in [0.3, 0.4) is 0 Å². The monoisotopic (exact) mass is 319 g/mol. The first kappa shape index (κ1) is 16.9. The van der Waals surface area contributed by atoms with Crippen molar-refractivity contribution in [1.29, 1.82) is 0 Å². The molecule has 0 bridgehead atoms. The molecule has 2 aliphatic heterocycles. The molecule has 1 atom stereocenters. The second kappa shape index (κ2) is 8.22. The van der Waals surface area contributed by atoms with E-state index in [1.807, 2.05) is 12.1 Å². The van der Waals surface area contributed by atoms with Crippen molar-refractivity contribution >= 4 is 0 Å². The Bertz CT molecular complexity index is 485. The molecular formula is C19H30FN3. The fourth-order valence-corrected chi connectivity index (χ4v) is 3.95. The van der Waals surface area contributed by atoms with Gasteiger partial charge in [-0.1, -0.05) is 25.1 Å². The Morgan fingerprint density at radius 1 is 1.04 bits per heavy atom. The fourth-order valence-electron chi connectivity index (χ4n) is 3.95. The highest BCUT2D eigenvalue weighted by Crippen LogP contribution is 2.18. The normalized spacial score (nSPS) is 24.9. The van der Waals surface area contributed by atoms with Crippen molar-refractivity contribution < 1.29 is 4.39 Å². The maximum atomic E-state index is 13.8. The van der Waals surface area contributed by atoms with Gasteiger partial charge in [0, 0.05) is 30.7 Å². The zero-order valence-electron chi connectivity index (χ0n) is 14.3. The van der Waals surface area contributed by atoms with E-state index in [4.69, 9.17) is 0 Å². The molecule has 3 rings (SSSR count). The van der Waals surface area contributed by atoms with Crippen molar-refractivity contribution in [3.63, 3.8) is 0 Å². The highest BCUT2D eigenvalue weighted by atomic mass is 19.1. The predicted molar refractivity (Wildman–Crippen MR) is 93.0 cm³/mol. The lowest BCUT2D eigenvalue weighted by molar-refractivity contribution is 0.150. The Balaban J connectivity index is 1.48. The Morgan fingerprint density at radius 3 is 2.57 bits per heavy atom. The summed E-state index contributed by atoms with van der Waals surface area (Å²) >= 11 is 0. The van der Waals surface area contributed by atoms with Crippen LogP contribution in [0, 0.1) is 5.82 Å². The summed E-state index contributed by atoms with van der Waals surface area (Å²) in [5, 5.41) is 3.87. The molecule has 23 heavy (non-hydrogen) atoms. The van der Waals surface area contributed by atoms with Crippen molar-refractivity contribution in [2.45, 2.75) is 51.2 Å². The maximum Gasteiger partial charge on any atom is 0.127 e. The van der Waals surface area contributed by atoms with Crippen molar-refractivity contribution in [3.8, 4) is 0 Å². The molecule has 1 N–H and O–H groups in total. The van der Waals surface area contributed by atoms with Gasteiger partial charge in [-0.25, -0.2) is 4.39 Å². The molecule has 0 amide bonds. The number of nitrogens with zero attached hydrogens (tertiary/aromatic N) is 2. The van der Waals surface area contributed by atoms with E-state index in [2.05, 4.69) is 22.0 Å². The highest BCUT2D eigenvalue weighted by molar-refractivity contribution is 5.17. The first-order valence-corrected chi connectivity index (χ1v) is 9.18. The van der Waals surface area contributed by atoms with Crippen LogP contribution in [0.2, 0.25) is 0 Å². The number of hydrogen-bond acceptors (Lipinski definition) is 3. The Kier molecular flexibility index (Phi) is 6.03. The van der Waals surface area contributed by atoms with E-state index >= 15 is 0 Å². The van der Waals surface area contributed by atoms with Crippen LogP contribution < -0.4 is 5.32 Å². The minimum absolute atomic E-state index is 0.0745. The molecule has 4 heteroatoms. The smallest absolute Gasteiger partial charge is 0.127 e. The molecule has 1 aromatic carbocycles. The fraction of sp³-hybridized carbons (Fsp3) is 0.684. The van der Waals surface area contributed by atoms with E-state index < -0.39 is 0 Å². The number of halogens is 1. The van der Waals surface area contributed by atoms with Crippen molar-refractivity contribution in [1.82, 2.24) is 15.1 Å². The van der Waals surface area contributed by atoms with Crippen molar-refractivity contribution in [2.24, 2.45) is 0 Å². The molecule has 2 aliphatic rings. The third-order valence-corrected chi connectivity index (χ3v) is 5.36. The second-order valence-corrected chi connectivity index (χ2v) is 7.04. The third kappa shape index (κ3) is 4.75. The van der Waals surface area contributed by atoms with Crippen LogP contribution in [0.5, 0.6) is 0 Å². The number of nitrogens with one attached hydrogen (secondary N) is 1. The molecule has 1 aromatic rings. The molecule has 0 radical (unpaired) electrons. The molecular weight excluding hydrogens is 289 g/mol. The van der Waals surface area contributed by atoms with Crippen LogP contribution in [-0.4, -0.2) is 54.6 Å². The lowest BCUT2D eigenvalue weighted by atomic mass is 9.99. The van der Waals surface area contributed by atoms with Gasteiger partial charge in [-0.2, -0.15) is 0 Å². The lowest BCUT2D eigenvalue weighted by Gasteiger charge is -2.38. The number of benzene rings is 1. The van der Waals surface area contributed by atoms with Crippen LogP contribution in [0.1, 0.15) is 38.2 Å². The Labute approximate surface area is 139 Å². The Morgan fingerprint density at radius 2 is 1.83 bits per heavy atom. The minimum Gasteiger partial charge on any atom is -0.310 e. The quantitative estimate of drug-likeness (QED) is 0.900. The van der Waals surface area contributed by atoms with Gasteiger partial charge in [0.2, 0.25) is 0 Å². The topological polar surface area (TPSA) is 18.5 Å². The van der Waals surface area contributed by atoms with E-state index in [9.17, 15) is 4.39 Å². The molecule has 0 saturated carbocycles. The van der Waals surface area contributed by atoms with Crippen molar-refractivity contribution in [2.75, 3.05) is 32.7 Å². The largest absolute Gasteiger partial charge is 0.310 e. The average molecular weight is 319 g/mol. The van der Waals surface area contributed by atoms with Crippen LogP contribution in [-0.2, 0) is 6.54 Å². The summed E-state index contributed by atoms with van der Waals surface area (Å²) in [6.45, 7) is 8.73. The Hall–Kier alpha value is -0.970. The first-order chi connectivity index (χ1) is 11.2. The van der Waals surface area contributed by atoms with Gasteiger partial charge in [-0.15, -0.1) is 0 Å². The number of likely N-dealkylation sites (tertiary alicyclic amines) is 2. The number of hydrogen-bond donors (Lipinski definition) is 1. The van der Waals surface area contributed by atoms with Crippen LogP contribution in [0.25, 0.3) is 0 Å². The summed E-state index contributed by atoms with van der Waals surface area (Å²) in [6, 6.07) is 8.40. The first-order valence-electron chi connectivity index (χ1n) is 9.18. The molecule has 0 unspecified atom stereocenters. The molecule has 128 valence electrons. The summed E-state index contributed by atoms with van der Waals surface area (Å²) in [5.41, 5.74) is 0.824. The predicted octanol–water partition coefficient (Wildman–Crippen LogP) is 2.86. The molecule has 0 aromatic heterocycles. The summed E-state index contributed by atoms with van der Waals surface area (Å²) in [7, 11) is 0. The van der Waals surface area contributed by atoms with Gasteiger partial charge in [0.25, 0.3) is 0 Å². The molecule has 3 nitrogen and oxygen atoms in total. The van der Waals surface area contributed by atoms with Gasteiger partial charge in [-0.05, 0) is 57.9 Å². The SMILES string of the molecule is CCN1CCC(N[C@@H]2CCCN(Cc3ccccc3F)C2)CC1. The molecule has 2 fully saturated rings. The van der Waals surface area contributed by atoms with Crippen LogP contribution >= 0.6 is 0 Å². The number of piperidine rings is 2. The van der Waals surface area contributed by atoms with E-state index in [1.165, 1.54) is 45.3 Å². The molecule has 2 saturated heterocycles. The van der Waals surface area contributed by atoms with Gasteiger partial charge < -0.3 is 10.2 Å². The van der Waals surface area contributed by atoms with Gasteiger partial charge in [0.15, 0.2) is 0 Å². The van der Waals surface area contributed by atoms with Gasteiger partial charge in [-0.3, -0.25) is 4.90 Å². The van der Waals surface area contributed by atoms with E-state index in [1.54, 1.807) is 12.1 Å². The van der Waals surface area contributed by atoms with E-state index in [0.717, 1.165) is 25.2 Å².